The number of aryl methyl sites for hydroxylation is 1. The summed E-state index contributed by atoms with van der Waals surface area (Å²) in [6.45, 7) is 0.601. The Morgan fingerprint density at radius 2 is 2.12 bits per heavy atom. The average Bonchev–Trinajstić information content (AvgIpc) is 3.10. The first-order valence-corrected chi connectivity index (χ1v) is 8.31. The van der Waals surface area contributed by atoms with E-state index in [1.165, 1.54) is 13.2 Å². The van der Waals surface area contributed by atoms with Crippen LogP contribution in [0.5, 0.6) is 0 Å². The Hall–Kier alpha value is -1.80. The highest BCUT2D eigenvalue weighted by Crippen LogP contribution is 2.35. The van der Waals surface area contributed by atoms with Gasteiger partial charge in [-0.25, -0.2) is 4.98 Å². The molecule has 1 saturated carbocycles. The number of nitrogens with one attached hydrogen (secondary N) is 1. The van der Waals surface area contributed by atoms with Gasteiger partial charge in [-0.15, -0.1) is 0 Å². The minimum Gasteiger partial charge on any atom is -0.393 e. The number of aliphatic hydroxyl groups excluding tert-OH is 1. The lowest BCUT2D eigenvalue weighted by Crippen LogP contribution is -2.13. The Morgan fingerprint density at radius 1 is 1.36 bits per heavy atom. The lowest BCUT2D eigenvalue weighted by Gasteiger charge is -2.14. The van der Waals surface area contributed by atoms with Crippen LogP contribution in [0.15, 0.2) is 18.3 Å². The molecule has 0 radical (unpaired) electrons. The van der Waals surface area contributed by atoms with Crippen LogP contribution in [0.1, 0.15) is 25.0 Å². The second-order valence-corrected chi connectivity index (χ2v) is 6.69. The molecule has 0 unspecified atom stereocenters. The van der Waals surface area contributed by atoms with Crippen LogP contribution in [0, 0.1) is 5.92 Å². The third-order valence-corrected chi connectivity index (χ3v) is 4.62. The fourth-order valence-corrected chi connectivity index (χ4v) is 3.29. The van der Waals surface area contributed by atoms with Crippen molar-refractivity contribution in [2.45, 2.75) is 31.5 Å². The van der Waals surface area contributed by atoms with Gasteiger partial charge < -0.3 is 10.4 Å². The SMILES string of the molecule is Cn1nc(-c2cnc(Cl)cc2NC[C@H]2CC[C@@H](O)C2)cc1C(F)(F)F. The second kappa shape index (κ2) is 6.84. The van der Waals surface area contributed by atoms with Crippen molar-refractivity contribution in [3.8, 4) is 11.3 Å². The first-order valence-electron chi connectivity index (χ1n) is 7.93. The van der Waals surface area contributed by atoms with Crippen LogP contribution in [0.2, 0.25) is 5.15 Å². The number of alkyl halides is 3. The minimum absolute atomic E-state index is 0.174. The predicted octanol–water partition coefficient (Wildman–Crippen LogP) is 3.73. The summed E-state index contributed by atoms with van der Waals surface area (Å²) >= 11 is 5.94. The van der Waals surface area contributed by atoms with Gasteiger partial charge in [0.2, 0.25) is 0 Å². The standard InChI is InChI=1S/C16H18ClF3N4O/c1-24-14(16(18,19)20)5-13(23-24)11-8-22-15(17)6-12(11)21-7-9-2-3-10(25)4-9/h5-6,8-10,25H,2-4,7H2,1H3,(H,21,22)/t9-,10+/m0/s1. The van der Waals surface area contributed by atoms with E-state index in [0.717, 1.165) is 23.6 Å². The molecule has 0 aliphatic heterocycles. The highest BCUT2D eigenvalue weighted by Gasteiger charge is 2.35. The molecule has 3 rings (SSSR count). The first kappa shape index (κ1) is 18.0. The molecule has 136 valence electrons. The average molecular weight is 375 g/mol. The third-order valence-electron chi connectivity index (χ3n) is 4.41. The zero-order valence-corrected chi connectivity index (χ0v) is 14.3. The minimum atomic E-state index is -4.48. The van der Waals surface area contributed by atoms with Crippen LogP contribution in [-0.2, 0) is 13.2 Å². The molecule has 0 amide bonds. The lowest BCUT2D eigenvalue weighted by molar-refractivity contribution is -0.143. The van der Waals surface area contributed by atoms with E-state index in [4.69, 9.17) is 11.6 Å². The number of rotatable bonds is 4. The summed E-state index contributed by atoms with van der Waals surface area (Å²) < 4.78 is 39.8. The Labute approximate surface area is 147 Å². The molecular weight excluding hydrogens is 357 g/mol. The van der Waals surface area contributed by atoms with Gasteiger partial charge in [0.1, 0.15) is 10.8 Å². The van der Waals surface area contributed by atoms with Crippen LogP contribution in [0.25, 0.3) is 11.3 Å². The topological polar surface area (TPSA) is 63.0 Å². The number of aliphatic hydroxyl groups is 1. The summed E-state index contributed by atoms with van der Waals surface area (Å²) in [5, 5.41) is 17.0. The van der Waals surface area contributed by atoms with Crippen molar-refractivity contribution in [3.05, 3.63) is 29.2 Å². The molecular formula is C16H18ClF3N4O. The third kappa shape index (κ3) is 4.07. The maximum atomic E-state index is 13.0. The molecule has 0 aromatic carbocycles. The Bertz CT molecular complexity index is 762. The lowest BCUT2D eigenvalue weighted by atomic mass is 10.1. The molecule has 1 aliphatic carbocycles. The zero-order chi connectivity index (χ0) is 18.2. The first-order chi connectivity index (χ1) is 11.7. The number of pyridine rings is 1. The second-order valence-electron chi connectivity index (χ2n) is 6.30. The summed E-state index contributed by atoms with van der Waals surface area (Å²) in [6.07, 6.45) is -0.958. The molecule has 0 spiro atoms. The van der Waals surface area contributed by atoms with Crippen molar-refractivity contribution < 1.29 is 18.3 Å². The molecule has 0 saturated heterocycles. The maximum Gasteiger partial charge on any atom is 0.433 e. The summed E-state index contributed by atoms with van der Waals surface area (Å²) in [6, 6.07) is 2.57. The maximum absolute atomic E-state index is 13.0. The highest BCUT2D eigenvalue weighted by atomic mass is 35.5. The van der Waals surface area contributed by atoms with Crippen molar-refractivity contribution in [2.24, 2.45) is 13.0 Å². The molecule has 2 N–H and O–H groups in total. The molecule has 2 atom stereocenters. The van der Waals surface area contributed by atoms with Gasteiger partial charge in [-0.3, -0.25) is 4.68 Å². The molecule has 2 aromatic heterocycles. The summed E-state index contributed by atoms with van der Waals surface area (Å²) in [5.74, 6) is 0.309. The number of anilines is 1. The zero-order valence-electron chi connectivity index (χ0n) is 13.5. The molecule has 2 heterocycles. The van der Waals surface area contributed by atoms with Crippen LogP contribution >= 0.6 is 11.6 Å². The Morgan fingerprint density at radius 3 is 2.72 bits per heavy atom. The van der Waals surface area contributed by atoms with Crippen molar-refractivity contribution >= 4 is 17.3 Å². The van der Waals surface area contributed by atoms with E-state index in [0.29, 0.717) is 30.1 Å². The van der Waals surface area contributed by atoms with E-state index < -0.39 is 11.9 Å². The highest BCUT2D eigenvalue weighted by molar-refractivity contribution is 6.29. The van der Waals surface area contributed by atoms with E-state index in [-0.39, 0.29) is 17.0 Å². The van der Waals surface area contributed by atoms with Gasteiger partial charge in [0, 0.05) is 31.0 Å². The van der Waals surface area contributed by atoms with Gasteiger partial charge in [0.05, 0.1) is 11.8 Å². The molecule has 1 fully saturated rings. The molecule has 9 heteroatoms. The summed E-state index contributed by atoms with van der Waals surface area (Å²) in [5.41, 5.74) is 0.373. The van der Waals surface area contributed by atoms with E-state index >= 15 is 0 Å². The van der Waals surface area contributed by atoms with E-state index in [1.54, 1.807) is 6.07 Å². The van der Waals surface area contributed by atoms with Gasteiger partial charge in [0.15, 0.2) is 0 Å². The van der Waals surface area contributed by atoms with Crippen molar-refractivity contribution in [3.63, 3.8) is 0 Å². The van der Waals surface area contributed by atoms with Gasteiger partial charge in [0.25, 0.3) is 0 Å². The molecule has 25 heavy (non-hydrogen) atoms. The number of aromatic nitrogens is 3. The monoisotopic (exact) mass is 374 g/mol. The molecule has 0 bridgehead atoms. The smallest absolute Gasteiger partial charge is 0.393 e. The van der Waals surface area contributed by atoms with Crippen LogP contribution < -0.4 is 5.32 Å². The Balaban J connectivity index is 1.86. The van der Waals surface area contributed by atoms with Gasteiger partial charge in [-0.2, -0.15) is 18.3 Å². The van der Waals surface area contributed by atoms with Crippen LogP contribution in [0.4, 0.5) is 18.9 Å². The molecule has 1 aliphatic rings. The quantitative estimate of drug-likeness (QED) is 0.800. The molecule has 2 aromatic rings. The number of hydrogen-bond acceptors (Lipinski definition) is 4. The van der Waals surface area contributed by atoms with Gasteiger partial charge >= 0.3 is 6.18 Å². The summed E-state index contributed by atoms with van der Waals surface area (Å²) in [7, 11) is 1.25. The predicted molar refractivity (Wildman–Crippen MR) is 88.3 cm³/mol. The van der Waals surface area contributed by atoms with Crippen molar-refractivity contribution in [2.75, 3.05) is 11.9 Å². The van der Waals surface area contributed by atoms with Gasteiger partial charge in [-0.1, -0.05) is 11.6 Å². The Kier molecular flexibility index (Phi) is 4.92. The van der Waals surface area contributed by atoms with E-state index in [2.05, 4.69) is 15.4 Å². The number of halogens is 4. The van der Waals surface area contributed by atoms with Crippen LogP contribution in [0.3, 0.4) is 0 Å². The fraction of sp³-hybridized carbons (Fsp3) is 0.500. The van der Waals surface area contributed by atoms with Crippen molar-refractivity contribution in [1.82, 2.24) is 14.8 Å². The van der Waals surface area contributed by atoms with E-state index in [9.17, 15) is 18.3 Å². The largest absolute Gasteiger partial charge is 0.433 e. The van der Waals surface area contributed by atoms with E-state index in [1.807, 2.05) is 0 Å². The van der Waals surface area contributed by atoms with Crippen LogP contribution in [-0.4, -0.2) is 32.5 Å². The van der Waals surface area contributed by atoms with Gasteiger partial charge in [-0.05, 0) is 37.3 Å². The van der Waals surface area contributed by atoms with Crippen molar-refractivity contribution in [1.29, 1.82) is 0 Å². The molecule has 5 nitrogen and oxygen atoms in total. The normalized spacial score (nSPS) is 20.9. The number of hydrogen-bond donors (Lipinski definition) is 2. The summed E-state index contributed by atoms with van der Waals surface area (Å²) in [4.78, 5) is 3.96. The number of nitrogens with zero attached hydrogens (tertiary/aromatic N) is 3. The fourth-order valence-electron chi connectivity index (χ4n) is 3.13.